The second kappa shape index (κ2) is 7.43. The van der Waals surface area contributed by atoms with Gasteiger partial charge in [0.1, 0.15) is 17.2 Å². The zero-order valence-electron chi connectivity index (χ0n) is 19.3. The van der Waals surface area contributed by atoms with Gasteiger partial charge in [0, 0.05) is 31.5 Å². The third-order valence-corrected chi connectivity index (χ3v) is 8.27. The molecule has 4 bridgehead atoms. The third-order valence-electron chi connectivity index (χ3n) is 8.27. The smallest absolute Gasteiger partial charge is 0.268 e. The Bertz CT molecular complexity index is 1220. The van der Waals surface area contributed by atoms with Gasteiger partial charge >= 0.3 is 0 Å². The maximum Gasteiger partial charge on any atom is 0.268 e. The summed E-state index contributed by atoms with van der Waals surface area (Å²) in [6, 6.07) is 5.70. The van der Waals surface area contributed by atoms with Crippen LogP contribution in [0.25, 0.3) is 5.65 Å². The van der Waals surface area contributed by atoms with Gasteiger partial charge in [-0.1, -0.05) is 6.07 Å². The molecule has 33 heavy (non-hydrogen) atoms. The number of anilines is 2. The van der Waals surface area contributed by atoms with Crippen molar-refractivity contribution in [2.45, 2.75) is 45.6 Å². The highest BCUT2D eigenvalue weighted by atomic mass is 16.1. The molecular formula is C25H31N7O. The van der Waals surface area contributed by atoms with Crippen molar-refractivity contribution in [3.8, 4) is 0 Å². The summed E-state index contributed by atoms with van der Waals surface area (Å²) in [5.41, 5.74) is 9.36. The van der Waals surface area contributed by atoms with Crippen LogP contribution >= 0.6 is 0 Å². The molecule has 2 unspecified atom stereocenters. The van der Waals surface area contributed by atoms with Crippen molar-refractivity contribution in [2.24, 2.45) is 23.2 Å². The largest absolute Gasteiger partial charge is 0.383 e. The molecule has 8 nitrogen and oxygen atoms in total. The van der Waals surface area contributed by atoms with Crippen LogP contribution in [0.5, 0.6) is 0 Å². The van der Waals surface area contributed by atoms with Gasteiger partial charge in [0.15, 0.2) is 0 Å². The number of hydrogen-bond donors (Lipinski definition) is 2. The van der Waals surface area contributed by atoms with Crippen LogP contribution in [0.15, 0.2) is 30.6 Å². The molecule has 0 saturated heterocycles. The highest BCUT2D eigenvalue weighted by Gasteiger charge is 2.57. The molecule has 0 radical (unpaired) electrons. The summed E-state index contributed by atoms with van der Waals surface area (Å²) in [5, 5.41) is 3.29. The van der Waals surface area contributed by atoms with Gasteiger partial charge in [-0.3, -0.25) is 9.20 Å². The van der Waals surface area contributed by atoms with Gasteiger partial charge in [-0.15, -0.1) is 0 Å². The maximum atomic E-state index is 13.2. The van der Waals surface area contributed by atoms with Crippen molar-refractivity contribution in [1.82, 2.24) is 24.7 Å². The maximum absolute atomic E-state index is 13.2. The third kappa shape index (κ3) is 3.43. The van der Waals surface area contributed by atoms with Gasteiger partial charge in [-0.25, -0.2) is 9.97 Å². The average molecular weight is 446 g/mol. The molecule has 8 heteroatoms. The Balaban J connectivity index is 1.19. The lowest BCUT2D eigenvalue weighted by atomic mass is 9.75. The van der Waals surface area contributed by atoms with Crippen molar-refractivity contribution in [1.29, 1.82) is 0 Å². The number of fused-ring (bicyclic) bond motifs is 1. The molecule has 2 atom stereocenters. The molecule has 3 N–H and O–H groups in total. The van der Waals surface area contributed by atoms with Crippen LogP contribution in [-0.2, 0) is 6.54 Å². The van der Waals surface area contributed by atoms with Crippen LogP contribution in [0.2, 0.25) is 0 Å². The zero-order chi connectivity index (χ0) is 22.7. The van der Waals surface area contributed by atoms with Crippen LogP contribution in [0.1, 0.15) is 53.8 Å². The highest BCUT2D eigenvalue weighted by molar-refractivity contribution is 5.93. The summed E-state index contributed by atoms with van der Waals surface area (Å²) in [5.74, 6) is 3.60. The molecule has 3 aromatic rings. The van der Waals surface area contributed by atoms with E-state index in [-0.39, 0.29) is 5.91 Å². The van der Waals surface area contributed by atoms with E-state index in [1.54, 1.807) is 6.20 Å². The first kappa shape index (κ1) is 20.4. The van der Waals surface area contributed by atoms with E-state index >= 15 is 0 Å². The molecule has 172 valence electrons. The van der Waals surface area contributed by atoms with Gasteiger partial charge in [0.2, 0.25) is 5.95 Å². The molecule has 4 fully saturated rings. The van der Waals surface area contributed by atoms with Crippen LogP contribution in [0.3, 0.4) is 0 Å². The quantitative estimate of drug-likeness (QED) is 0.604. The predicted octanol–water partition coefficient (Wildman–Crippen LogP) is 3.21. The molecule has 3 aromatic heterocycles. The van der Waals surface area contributed by atoms with Crippen molar-refractivity contribution in [3.05, 3.63) is 47.5 Å². The van der Waals surface area contributed by atoms with E-state index in [1.807, 2.05) is 47.7 Å². The minimum absolute atomic E-state index is 0.0202. The number of nitrogens with zero attached hydrogens (tertiary/aromatic N) is 5. The number of aryl methyl sites for hydroxylation is 1. The number of carbonyl (C=O) groups excluding carboxylic acids is 1. The minimum atomic E-state index is -0.0202. The average Bonchev–Trinajstić information content (AvgIpc) is 3.39. The lowest BCUT2D eigenvalue weighted by molar-refractivity contribution is 0.0907. The predicted molar refractivity (Wildman–Crippen MR) is 127 cm³/mol. The van der Waals surface area contributed by atoms with Crippen molar-refractivity contribution < 1.29 is 4.79 Å². The fraction of sp³-hybridized carbons (Fsp3) is 0.520. The normalized spacial score (nSPS) is 27.4. The number of pyridine rings is 1. The summed E-state index contributed by atoms with van der Waals surface area (Å²) in [7, 11) is 1.91. The number of aromatic nitrogens is 4. The van der Waals surface area contributed by atoms with Crippen LogP contribution < -0.4 is 16.0 Å². The first-order chi connectivity index (χ1) is 15.9. The molecule has 0 aliphatic heterocycles. The first-order valence-corrected chi connectivity index (χ1v) is 12.0. The fourth-order valence-electron chi connectivity index (χ4n) is 6.87. The van der Waals surface area contributed by atoms with E-state index in [4.69, 9.17) is 10.7 Å². The molecule has 7 rings (SSSR count). The summed E-state index contributed by atoms with van der Waals surface area (Å²) < 4.78 is 1.89. The molecule has 0 spiro atoms. The Morgan fingerprint density at radius 1 is 1.24 bits per heavy atom. The van der Waals surface area contributed by atoms with Crippen LogP contribution in [-0.4, -0.2) is 38.9 Å². The standard InChI is InChI=1S/C25H31N7O/c1-15-11-27-24(30-22(15)26)31(2)12-19-13-32-20(4-3-5-21(32)29-19)23(33)28-14-25-9-16-6-17(10-25)8-18(25)7-16/h3-5,11,13,16-18H,6-10,12,14H2,1-2H3,(H,28,33)(H2,26,27,30). The van der Waals surface area contributed by atoms with Gasteiger partial charge in [0.25, 0.3) is 5.91 Å². The SMILES string of the molecule is Cc1cnc(N(C)Cc2cn3c(C(=O)NCC45CC6CC(CC4C6)C5)cccc3n2)nc1N. The second-order valence-corrected chi connectivity index (χ2v) is 10.6. The highest BCUT2D eigenvalue weighted by Crippen LogP contribution is 2.65. The summed E-state index contributed by atoms with van der Waals surface area (Å²) in [4.78, 5) is 28.6. The van der Waals surface area contributed by atoms with Crippen LogP contribution in [0, 0.1) is 30.1 Å². The molecule has 4 aliphatic carbocycles. The van der Waals surface area contributed by atoms with Gasteiger partial charge in [0.05, 0.1) is 12.2 Å². The fourth-order valence-corrected chi connectivity index (χ4v) is 6.87. The van der Waals surface area contributed by atoms with E-state index in [1.165, 1.54) is 32.1 Å². The minimum Gasteiger partial charge on any atom is -0.383 e. The Morgan fingerprint density at radius 2 is 2.03 bits per heavy atom. The van der Waals surface area contributed by atoms with Gasteiger partial charge < -0.3 is 16.0 Å². The molecular weight excluding hydrogens is 414 g/mol. The summed E-state index contributed by atoms with van der Waals surface area (Å²) in [6.45, 7) is 3.20. The molecule has 4 saturated carbocycles. The Labute approximate surface area is 193 Å². The Morgan fingerprint density at radius 3 is 2.79 bits per heavy atom. The van der Waals surface area contributed by atoms with Gasteiger partial charge in [-0.2, -0.15) is 4.98 Å². The van der Waals surface area contributed by atoms with Crippen molar-refractivity contribution in [3.63, 3.8) is 0 Å². The molecule has 0 aromatic carbocycles. The first-order valence-electron chi connectivity index (χ1n) is 12.0. The number of nitrogen functional groups attached to an aromatic ring is 1. The molecule has 4 aliphatic rings. The number of rotatable bonds is 6. The number of nitrogens with one attached hydrogen (secondary N) is 1. The van der Waals surface area contributed by atoms with Crippen molar-refractivity contribution in [2.75, 3.05) is 24.2 Å². The Kier molecular flexibility index (Phi) is 4.61. The van der Waals surface area contributed by atoms with E-state index in [9.17, 15) is 4.79 Å². The van der Waals surface area contributed by atoms with Crippen LogP contribution in [0.4, 0.5) is 11.8 Å². The number of imidazole rings is 1. The monoisotopic (exact) mass is 445 g/mol. The van der Waals surface area contributed by atoms with E-state index in [0.29, 0.717) is 29.4 Å². The van der Waals surface area contributed by atoms with Gasteiger partial charge in [-0.05, 0) is 74.3 Å². The number of hydrogen-bond acceptors (Lipinski definition) is 6. The molecule has 3 heterocycles. The second-order valence-electron chi connectivity index (χ2n) is 10.6. The van der Waals surface area contributed by atoms with E-state index in [0.717, 1.165) is 41.2 Å². The lowest BCUT2D eigenvalue weighted by Gasteiger charge is -2.33. The number of nitrogens with two attached hydrogens (primary N) is 1. The Hall–Kier alpha value is -3.16. The van der Waals surface area contributed by atoms with Crippen molar-refractivity contribution >= 4 is 23.3 Å². The lowest BCUT2D eigenvalue weighted by Crippen LogP contribution is -2.39. The molecule has 1 amide bonds. The van der Waals surface area contributed by atoms with E-state index < -0.39 is 0 Å². The van der Waals surface area contributed by atoms with E-state index in [2.05, 4.69) is 15.3 Å². The topological polar surface area (TPSA) is 101 Å². The summed E-state index contributed by atoms with van der Waals surface area (Å²) in [6.07, 6.45) is 10.4. The number of carbonyl (C=O) groups is 1. The number of amides is 1. The summed E-state index contributed by atoms with van der Waals surface area (Å²) >= 11 is 0. The zero-order valence-corrected chi connectivity index (χ0v) is 19.3.